The molecule has 0 saturated carbocycles. The molecule has 1 aliphatic heterocycles. The van der Waals surface area contributed by atoms with Gasteiger partial charge < -0.3 is 0 Å². The van der Waals surface area contributed by atoms with E-state index in [1.54, 1.807) is 24.3 Å². The predicted octanol–water partition coefficient (Wildman–Crippen LogP) is 1.29. The normalized spacial score (nSPS) is 21.1. The minimum absolute atomic E-state index is 0.550. The van der Waals surface area contributed by atoms with Gasteiger partial charge in [0.05, 0.1) is 0 Å². The van der Waals surface area contributed by atoms with Gasteiger partial charge in [-0.3, -0.25) is 9.59 Å². The van der Waals surface area contributed by atoms with E-state index in [4.69, 9.17) is 0 Å². The number of carbonyl (C=O) groups excluding carboxylic acids is 2. The largest absolute Gasteiger partial charge is 0.333 e. The molecule has 1 aromatic carbocycles. The average molecular weight is 174 g/mol. The first-order valence-corrected chi connectivity index (χ1v) is 3.83. The highest BCUT2D eigenvalue weighted by Crippen LogP contribution is 2.23. The molecule has 13 heavy (non-hydrogen) atoms. The fraction of sp³-hybridized carbons (Fsp3) is 0.111. The van der Waals surface area contributed by atoms with Crippen molar-refractivity contribution < 1.29 is 9.59 Å². The van der Waals surface area contributed by atoms with Crippen LogP contribution >= 0.6 is 0 Å². The second-order valence-corrected chi connectivity index (χ2v) is 2.70. The number of hydrogen-bond donors (Lipinski definition) is 0. The van der Waals surface area contributed by atoms with E-state index in [0.29, 0.717) is 5.56 Å². The van der Waals surface area contributed by atoms with Crippen LogP contribution in [0.25, 0.3) is 0 Å². The molecule has 4 heteroatoms. The maximum Gasteiger partial charge on any atom is 0.333 e. The van der Waals surface area contributed by atoms with Gasteiger partial charge in [0.15, 0.2) is 6.04 Å². The number of hydrogen-bond acceptors (Lipinski definition) is 3. The molecule has 1 aliphatic rings. The Morgan fingerprint density at radius 1 is 1.08 bits per heavy atom. The number of rotatable bonds is 1. The highest BCUT2D eigenvalue weighted by Gasteiger charge is 2.31. The van der Waals surface area contributed by atoms with Gasteiger partial charge in [-0.15, -0.1) is 5.11 Å². The standard InChI is InChI=1S/C9H6N2O2/c12-8-7(10-11-9(8)13)6-4-2-1-3-5-6/h1-5,7H. The highest BCUT2D eigenvalue weighted by molar-refractivity contribution is 6.39. The first-order chi connectivity index (χ1) is 6.29. The molecule has 1 amide bonds. The lowest BCUT2D eigenvalue weighted by Crippen LogP contribution is -2.12. The van der Waals surface area contributed by atoms with E-state index < -0.39 is 17.7 Å². The Kier molecular flexibility index (Phi) is 1.73. The SMILES string of the molecule is O=C1N=NC(c2ccccc2)C1=O. The van der Waals surface area contributed by atoms with Crippen LogP contribution in [0.15, 0.2) is 40.6 Å². The lowest BCUT2D eigenvalue weighted by atomic mass is 10.0. The third-order valence-electron chi connectivity index (χ3n) is 1.84. The molecule has 0 spiro atoms. The summed E-state index contributed by atoms with van der Waals surface area (Å²) in [7, 11) is 0. The van der Waals surface area contributed by atoms with Crippen LogP contribution in [0.1, 0.15) is 11.6 Å². The molecular formula is C9H6N2O2. The summed E-state index contributed by atoms with van der Waals surface area (Å²) in [5.74, 6) is -1.31. The molecule has 0 saturated heterocycles. The van der Waals surface area contributed by atoms with Crippen molar-refractivity contribution in [2.45, 2.75) is 6.04 Å². The van der Waals surface area contributed by atoms with Crippen molar-refractivity contribution in [1.82, 2.24) is 0 Å². The number of amides is 1. The van der Waals surface area contributed by atoms with E-state index >= 15 is 0 Å². The van der Waals surface area contributed by atoms with Crippen molar-refractivity contribution >= 4 is 11.7 Å². The van der Waals surface area contributed by atoms with Crippen LogP contribution in [0.2, 0.25) is 0 Å². The zero-order chi connectivity index (χ0) is 9.26. The second-order valence-electron chi connectivity index (χ2n) is 2.70. The quantitative estimate of drug-likeness (QED) is 0.602. The Morgan fingerprint density at radius 3 is 2.31 bits per heavy atom. The van der Waals surface area contributed by atoms with Gasteiger partial charge in [0, 0.05) is 0 Å². The molecule has 1 unspecified atom stereocenters. The molecule has 1 heterocycles. The predicted molar refractivity (Wildman–Crippen MR) is 44.1 cm³/mol. The van der Waals surface area contributed by atoms with Crippen LogP contribution < -0.4 is 0 Å². The van der Waals surface area contributed by atoms with E-state index in [2.05, 4.69) is 10.2 Å². The third kappa shape index (κ3) is 1.26. The van der Waals surface area contributed by atoms with Gasteiger partial charge in [-0.1, -0.05) is 30.3 Å². The molecular weight excluding hydrogens is 168 g/mol. The van der Waals surface area contributed by atoms with Crippen LogP contribution in [-0.4, -0.2) is 11.7 Å². The number of ketones is 1. The first-order valence-electron chi connectivity index (χ1n) is 3.83. The van der Waals surface area contributed by atoms with Crippen molar-refractivity contribution in [2.24, 2.45) is 10.2 Å². The molecule has 0 aliphatic carbocycles. The Bertz CT molecular complexity index is 384. The number of benzene rings is 1. The van der Waals surface area contributed by atoms with E-state index in [0.717, 1.165) is 0 Å². The van der Waals surface area contributed by atoms with Gasteiger partial charge in [-0.25, -0.2) is 0 Å². The van der Waals surface area contributed by atoms with E-state index in [-0.39, 0.29) is 0 Å². The second kappa shape index (κ2) is 2.90. The van der Waals surface area contributed by atoms with Gasteiger partial charge in [0.2, 0.25) is 0 Å². The molecule has 0 radical (unpaired) electrons. The summed E-state index contributed by atoms with van der Waals surface area (Å²) in [5, 5.41) is 6.81. The molecule has 64 valence electrons. The van der Waals surface area contributed by atoms with Crippen LogP contribution in [0, 0.1) is 0 Å². The fourth-order valence-corrected chi connectivity index (χ4v) is 1.18. The van der Waals surface area contributed by atoms with Crippen LogP contribution in [0.4, 0.5) is 0 Å². The van der Waals surface area contributed by atoms with Crippen molar-refractivity contribution in [2.75, 3.05) is 0 Å². The monoisotopic (exact) mass is 174 g/mol. The summed E-state index contributed by atoms with van der Waals surface area (Å²) in [6.07, 6.45) is 0. The smallest absolute Gasteiger partial charge is 0.286 e. The Balaban J connectivity index is 2.35. The van der Waals surface area contributed by atoms with E-state index in [9.17, 15) is 9.59 Å². The summed E-state index contributed by atoms with van der Waals surface area (Å²) in [5.41, 5.74) is 0.710. The minimum atomic E-state index is -0.756. The van der Waals surface area contributed by atoms with Gasteiger partial charge in [-0.2, -0.15) is 5.11 Å². The summed E-state index contributed by atoms with van der Waals surface area (Å²) in [6, 6.07) is 8.21. The minimum Gasteiger partial charge on any atom is -0.286 e. The summed E-state index contributed by atoms with van der Waals surface area (Å²) < 4.78 is 0. The number of azo groups is 1. The molecule has 4 nitrogen and oxygen atoms in total. The van der Waals surface area contributed by atoms with Crippen molar-refractivity contribution in [3.63, 3.8) is 0 Å². The number of Topliss-reactive ketones (excluding diaryl/α,β-unsaturated/α-hetero) is 1. The lowest BCUT2D eigenvalue weighted by molar-refractivity contribution is -0.135. The Labute approximate surface area is 74.3 Å². The third-order valence-corrected chi connectivity index (χ3v) is 1.84. The Morgan fingerprint density at radius 2 is 1.77 bits per heavy atom. The fourth-order valence-electron chi connectivity index (χ4n) is 1.18. The van der Waals surface area contributed by atoms with Gasteiger partial charge >= 0.3 is 5.91 Å². The molecule has 0 aromatic heterocycles. The maximum atomic E-state index is 11.2. The molecule has 2 rings (SSSR count). The van der Waals surface area contributed by atoms with Gasteiger partial charge in [0.25, 0.3) is 5.78 Å². The van der Waals surface area contributed by atoms with Crippen molar-refractivity contribution in [3.05, 3.63) is 35.9 Å². The summed E-state index contributed by atoms with van der Waals surface area (Å²) in [6.45, 7) is 0. The molecule has 0 fully saturated rings. The molecule has 0 bridgehead atoms. The van der Waals surface area contributed by atoms with Gasteiger partial charge in [0.1, 0.15) is 0 Å². The lowest BCUT2D eigenvalue weighted by Gasteiger charge is -2.01. The van der Waals surface area contributed by atoms with Crippen LogP contribution in [0.3, 0.4) is 0 Å². The zero-order valence-electron chi connectivity index (χ0n) is 6.68. The number of nitrogens with zero attached hydrogens (tertiary/aromatic N) is 2. The summed E-state index contributed by atoms with van der Waals surface area (Å²) >= 11 is 0. The van der Waals surface area contributed by atoms with E-state index in [1.807, 2.05) is 6.07 Å². The molecule has 1 atom stereocenters. The molecule has 0 N–H and O–H groups in total. The average Bonchev–Trinajstić information content (AvgIpc) is 2.49. The first kappa shape index (κ1) is 7.79. The Hall–Kier alpha value is -1.84. The maximum absolute atomic E-state index is 11.2. The van der Waals surface area contributed by atoms with Crippen LogP contribution in [0.5, 0.6) is 0 Å². The van der Waals surface area contributed by atoms with Crippen molar-refractivity contribution in [3.8, 4) is 0 Å². The van der Waals surface area contributed by atoms with Crippen molar-refractivity contribution in [1.29, 1.82) is 0 Å². The molecule has 1 aromatic rings. The van der Waals surface area contributed by atoms with Crippen LogP contribution in [-0.2, 0) is 9.59 Å². The number of carbonyl (C=O) groups is 2. The zero-order valence-corrected chi connectivity index (χ0v) is 6.68. The highest BCUT2D eigenvalue weighted by atomic mass is 16.2. The van der Waals surface area contributed by atoms with E-state index in [1.165, 1.54) is 0 Å². The van der Waals surface area contributed by atoms with Gasteiger partial charge in [-0.05, 0) is 5.56 Å². The topological polar surface area (TPSA) is 58.9 Å². The summed E-state index contributed by atoms with van der Waals surface area (Å²) in [4.78, 5) is 21.9.